The molecule has 0 amide bonds. The van der Waals surface area contributed by atoms with Gasteiger partial charge in [0.1, 0.15) is 6.04 Å². The molecule has 0 radical (unpaired) electrons. The Morgan fingerprint density at radius 1 is 1.44 bits per heavy atom. The minimum Gasteiger partial charge on any atom is -0.380 e. The van der Waals surface area contributed by atoms with Crippen LogP contribution in [0.25, 0.3) is 0 Å². The van der Waals surface area contributed by atoms with Crippen molar-refractivity contribution in [3.05, 3.63) is 35.4 Å². The third-order valence-electron chi connectivity index (χ3n) is 2.16. The molecular weight excluding hydrogens is 200 g/mol. The lowest BCUT2D eigenvalue weighted by Gasteiger charge is -2.10. The van der Waals surface area contributed by atoms with E-state index in [-0.39, 0.29) is 6.04 Å². The average Bonchev–Trinajstić information content (AvgIpc) is 2.32. The molecule has 3 heteroatoms. The summed E-state index contributed by atoms with van der Waals surface area (Å²) in [5.41, 5.74) is 2.00. The molecule has 16 heavy (non-hydrogen) atoms. The van der Waals surface area contributed by atoms with E-state index in [9.17, 15) is 0 Å². The molecule has 0 saturated heterocycles. The topological polar surface area (TPSA) is 45.0 Å². The van der Waals surface area contributed by atoms with E-state index < -0.39 is 0 Å². The Morgan fingerprint density at radius 3 is 2.62 bits per heavy atom. The summed E-state index contributed by atoms with van der Waals surface area (Å²) < 4.78 is 5.01. The number of hydrogen-bond acceptors (Lipinski definition) is 3. The first kappa shape index (κ1) is 12.3. The van der Waals surface area contributed by atoms with E-state index in [1.807, 2.05) is 24.3 Å². The van der Waals surface area contributed by atoms with Crippen molar-refractivity contribution in [3.63, 3.8) is 0 Å². The summed E-state index contributed by atoms with van der Waals surface area (Å²) in [7, 11) is 1.65. The molecule has 0 heterocycles. The lowest BCUT2D eigenvalue weighted by molar-refractivity contribution is 0.185. The highest BCUT2D eigenvalue weighted by Gasteiger charge is 2.08. The maximum absolute atomic E-state index is 8.97. The van der Waals surface area contributed by atoms with Crippen LogP contribution in [0.4, 0.5) is 0 Å². The van der Waals surface area contributed by atoms with Gasteiger partial charge in [0.2, 0.25) is 0 Å². The van der Waals surface area contributed by atoms with E-state index in [2.05, 4.69) is 17.3 Å². The van der Waals surface area contributed by atoms with Crippen LogP contribution in [0.1, 0.15) is 17.2 Å². The fraction of sp³-hybridized carbons (Fsp3) is 0.308. The third-order valence-corrected chi connectivity index (χ3v) is 2.16. The normalized spacial score (nSPS) is 11.4. The smallest absolute Gasteiger partial charge is 0.122 e. The van der Waals surface area contributed by atoms with E-state index >= 15 is 0 Å². The molecule has 0 aliphatic rings. The van der Waals surface area contributed by atoms with E-state index in [1.165, 1.54) is 0 Å². The maximum Gasteiger partial charge on any atom is 0.122 e. The number of rotatable bonds is 5. The molecule has 0 aromatic heterocycles. The second-order valence-electron chi connectivity index (χ2n) is 3.32. The van der Waals surface area contributed by atoms with Gasteiger partial charge in [-0.3, -0.25) is 5.32 Å². The van der Waals surface area contributed by atoms with Crippen molar-refractivity contribution in [1.29, 1.82) is 5.26 Å². The highest BCUT2D eigenvalue weighted by atomic mass is 16.5. The molecule has 0 aliphatic carbocycles. The van der Waals surface area contributed by atoms with Crippen LogP contribution in [-0.2, 0) is 11.3 Å². The Kier molecular flexibility index (Phi) is 5.08. The Hall–Kier alpha value is -1.81. The molecule has 1 aromatic carbocycles. The van der Waals surface area contributed by atoms with Gasteiger partial charge in [-0.15, -0.1) is 6.42 Å². The van der Waals surface area contributed by atoms with Gasteiger partial charge in [0, 0.05) is 7.11 Å². The number of hydrogen-bond donors (Lipinski definition) is 1. The lowest BCUT2D eigenvalue weighted by atomic mass is 10.1. The maximum atomic E-state index is 8.97. The van der Waals surface area contributed by atoms with Crippen LogP contribution < -0.4 is 5.32 Å². The minimum atomic E-state index is -0.354. The quantitative estimate of drug-likeness (QED) is 0.757. The standard InChI is InChI=1S/C13H14N2O/c1-3-8-15-13(9-14)12-6-4-11(5-7-12)10-16-2/h1,4-7,13,15H,8,10H2,2H3. The fourth-order valence-electron chi connectivity index (χ4n) is 1.37. The van der Waals surface area contributed by atoms with Crippen molar-refractivity contribution in [1.82, 2.24) is 5.32 Å². The monoisotopic (exact) mass is 214 g/mol. The molecule has 0 fully saturated rings. The molecule has 1 unspecified atom stereocenters. The summed E-state index contributed by atoms with van der Waals surface area (Å²) in [6.07, 6.45) is 5.13. The van der Waals surface area contributed by atoms with Gasteiger partial charge in [0.05, 0.1) is 19.2 Å². The van der Waals surface area contributed by atoms with E-state index in [0.29, 0.717) is 13.2 Å². The number of nitriles is 1. The van der Waals surface area contributed by atoms with Gasteiger partial charge >= 0.3 is 0 Å². The zero-order valence-electron chi connectivity index (χ0n) is 9.23. The summed E-state index contributed by atoms with van der Waals surface area (Å²) >= 11 is 0. The highest BCUT2D eigenvalue weighted by molar-refractivity contribution is 5.28. The summed E-state index contributed by atoms with van der Waals surface area (Å²) in [4.78, 5) is 0. The van der Waals surface area contributed by atoms with Crippen molar-refractivity contribution in [3.8, 4) is 18.4 Å². The largest absolute Gasteiger partial charge is 0.380 e. The molecule has 1 aromatic rings. The number of nitrogens with zero attached hydrogens (tertiary/aromatic N) is 1. The van der Waals surface area contributed by atoms with Crippen molar-refractivity contribution in [2.24, 2.45) is 0 Å². The summed E-state index contributed by atoms with van der Waals surface area (Å²) in [5.74, 6) is 2.45. The Bertz CT molecular complexity index is 397. The molecule has 0 spiro atoms. The first-order valence-electron chi connectivity index (χ1n) is 4.96. The number of benzene rings is 1. The number of ether oxygens (including phenoxy) is 1. The zero-order chi connectivity index (χ0) is 11.8. The predicted molar refractivity (Wildman–Crippen MR) is 62.3 cm³/mol. The second-order valence-corrected chi connectivity index (χ2v) is 3.32. The van der Waals surface area contributed by atoms with Crippen LogP contribution in [0.15, 0.2) is 24.3 Å². The highest BCUT2D eigenvalue weighted by Crippen LogP contribution is 2.13. The predicted octanol–water partition coefficient (Wildman–Crippen LogP) is 1.62. The Morgan fingerprint density at radius 2 is 2.12 bits per heavy atom. The van der Waals surface area contributed by atoms with Gasteiger partial charge in [-0.25, -0.2) is 0 Å². The molecule has 0 aliphatic heterocycles. The van der Waals surface area contributed by atoms with Crippen LogP contribution in [0.2, 0.25) is 0 Å². The third kappa shape index (κ3) is 3.40. The summed E-state index contributed by atoms with van der Waals surface area (Å²) in [6, 6.07) is 9.52. The molecule has 3 nitrogen and oxygen atoms in total. The average molecular weight is 214 g/mol. The SMILES string of the molecule is C#CCNC(C#N)c1ccc(COC)cc1. The second kappa shape index (κ2) is 6.63. The first-order chi connectivity index (χ1) is 7.81. The number of nitrogens with one attached hydrogen (secondary N) is 1. The van der Waals surface area contributed by atoms with Crippen molar-refractivity contribution >= 4 is 0 Å². The van der Waals surface area contributed by atoms with Gasteiger partial charge in [-0.05, 0) is 11.1 Å². The van der Waals surface area contributed by atoms with Crippen LogP contribution in [0.3, 0.4) is 0 Å². The van der Waals surface area contributed by atoms with Crippen molar-refractivity contribution in [2.45, 2.75) is 12.6 Å². The van der Waals surface area contributed by atoms with Crippen molar-refractivity contribution < 1.29 is 4.74 Å². The summed E-state index contributed by atoms with van der Waals surface area (Å²) in [6.45, 7) is 0.966. The molecule has 0 bridgehead atoms. The molecule has 82 valence electrons. The number of methoxy groups -OCH3 is 1. The van der Waals surface area contributed by atoms with Crippen LogP contribution in [-0.4, -0.2) is 13.7 Å². The molecule has 1 N–H and O–H groups in total. The zero-order valence-corrected chi connectivity index (χ0v) is 9.23. The fourth-order valence-corrected chi connectivity index (χ4v) is 1.37. The van der Waals surface area contributed by atoms with E-state index in [4.69, 9.17) is 16.4 Å². The Balaban J connectivity index is 2.72. The van der Waals surface area contributed by atoms with Gasteiger partial charge in [-0.2, -0.15) is 5.26 Å². The molecular formula is C13H14N2O. The van der Waals surface area contributed by atoms with E-state index in [1.54, 1.807) is 7.11 Å². The minimum absolute atomic E-state index is 0.354. The lowest BCUT2D eigenvalue weighted by Crippen LogP contribution is -2.20. The van der Waals surface area contributed by atoms with Gasteiger partial charge in [0.15, 0.2) is 0 Å². The molecule has 1 rings (SSSR count). The summed E-state index contributed by atoms with van der Waals surface area (Å²) in [5, 5.41) is 11.9. The first-order valence-corrected chi connectivity index (χ1v) is 4.96. The van der Waals surface area contributed by atoms with Crippen LogP contribution in [0, 0.1) is 23.7 Å². The van der Waals surface area contributed by atoms with Crippen LogP contribution >= 0.6 is 0 Å². The van der Waals surface area contributed by atoms with Crippen LogP contribution in [0.5, 0.6) is 0 Å². The van der Waals surface area contributed by atoms with Crippen molar-refractivity contribution in [2.75, 3.05) is 13.7 Å². The molecule has 1 atom stereocenters. The molecule has 0 saturated carbocycles. The van der Waals surface area contributed by atoms with E-state index in [0.717, 1.165) is 11.1 Å². The van der Waals surface area contributed by atoms with Gasteiger partial charge < -0.3 is 4.74 Å². The van der Waals surface area contributed by atoms with Gasteiger partial charge in [-0.1, -0.05) is 30.2 Å². The van der Waals surface area contributed by atoms with Gasteiger partial charge in [0.25, 0.3) is 0 Å². The number of terminal acetylenes is 1. The Labute approximate surface area is 96.0 Å².